The molecular formula is C18H19FN4OS. The molecule has 3 aromatic rings. The molecule has 0 aliphatic rings. The molecule has 0 atom stereocenters. The van der Waals surface area contributed by atoms with E-state index in [4.69, 9.17) is 10.6 Å². The zero-order valence-corrected chi connectivity index (χ0v) is 14.9. The number of thioether (sulfide) groups is 1. The predicted molar refractivity (Wildman–Crippen MR) is 96.4 cm³/mol. The van der Waals surface area contributed by atoms with Gasteiger partial charge in [0, 0.05) is 5.75 Å². The van der Waals surface area contributed by atoms with Crippen LogP contribution < -0.4 is 10.6 Å². The Morgan fingerprint density at radius 2 is 1.96 bits per heavy atom. The fourth-order valence-electron chi connectivity index (χ4n) is 2.37. The van der Waals surface area contributed by atoms with E-state index >= 15 is 0 Å². The second-order valence-corrected chi connectivity index (χ2v) is 6.65. The summed E-state index contributed by atoms with van der Waals surface area (Å²) < 4.78 is 20.8. The molecule has 5 nitrogen and oxygen atoms in total. The average molecular weight is 358 g/mol. The van der Waals surface area contributed by atoms with E-state index < -0.39 is 0 Å². The summed E-state index contributed by atoms with van der Waals surface area (Å²) in [5, 5.41) is 8.64. The number of rotatable bonds is 6. The van der Waals surface area contributed by atoms with Crippen LogP contribution in [0.2, 0.25) is 0 Å². The Morgan fingerprint density at radius 1 is 1.16 bits per heavy atom. The van der Waals surface area contributed by atoms with Gasteiger partial charge in [-0.25, -0.2) is 9.07 Å². The van der Waals surface area contributed by atoms with Crippen LogP contribution in [0, 0.1) is 19.7 Å². The first-order chi connectivity index (χ1) is 12.0. The smallest absolute Gasteiger partial charge is 0.210 e. The third-order valence-corrected chi connectivity index (χ3v) is 4.73. The van der Waals surface area contributed by atoms with Gasteiger partial charge < -0.3 is 10.6 Å². The highest BCUT2D eigenvalue weighted by Gasteiger charge is 2.12. The van der Waals surface area contributed by atoms with Gasteiger partial charge in [0.2, 0.25) is 5.16 Å². The zero-order valence-electron chi connectivity index (χ0n) is 14.1. The fraction of sp³-hybridized carbons (Fsp3) is 0.222. The Labute approximate surface area is 150 Å². The quantitative estimate of drug-likeness (QED) is 0.538. The molecule has 0 aliphatic heterocycles. The molecule has 2 N–H and O–H groups in total. The number of nitrogens with two attached hydrogens (primary N) is 1. The van der Waals surface area contributed by atoms with Gasteiger partial charge in [0.1, 0.15) is 18.2 Å². The molecule has 0 fully saturated rings. The molecular weight excluding hydrogens is 339 g/mol. The highest BCUT2D eigenvalue weighted by atomic mass is 32.2. The van der Waals surface area contributed by atoms with Crippen molar-refractivity contribution in [3.63, 3.8) is 0 Å². The Kier molecular flexibility index (Phi) is 5.23. The molecule has 0 saturated heterocycles. The van der Waals surface area contributed by atoms with E-state index in [1.807, 2.05) is 26.0 Å². The van der Waals surface area contributed by atoms with Gasteiger partial charge in [-0.2, -0.15) is 0 Å². The van der Waals surface area contributed by atoms with E-state index in [9.17, 15) is 4.39 Å². The highest BCUT2D eigenvalue weighted by molar-refractivity contribution is 7.98. The maximum Gasteiger partial charge on any atom is 0.210 e. The van der Waals surface area contributed by atoms with Gasteiger partial charge >= 0.3 is 0 Å². The first kappa shape index (κ1) is 17.3. The maximum atomic E-state index is 13.7. The molecule has 0 radical (unpaired) electrons. The second kappa shape index (κ2) is 7.57. The number of nitrogen functional groups attached to an aromatic ring is 1. The van der Waals surface area contributed by atoms with Crippen LogP contribution >= 0.6 is 11.8 Å². The Bertz CT molecular complexity index is 881. The van der Waals surface area contributed by atoms with Crippen molar-refractivity contribution in [1.82, 2.24) is 14.9 Å². The maximum absolute atomic E-state index is 13.7. The van der Waals surface area contributed by atoms with E-state index in [1.54, 1.807) is 18.2 Å². The molecule has 1 heterocycles. The number of aromatic nitrogens is 3. The van der Waals surface area contributed by atoms with Crippen LogP contribution in [0.3, 0.4) is 0 Å². The van der Waals surface area contributed by atoms with Gasteiger partial charge in [0.05, 0.1) is 0 Å². The molecule has 0 bridgehead atoms. The molecule has 0 saturated carbocycles. The van der Waals surface area contributed by atoms with Crippen molar-refractivity contribution in [2.45, 2.75) is 31.4 Å². The number of benzene rings is 2. The van der Waals surface area contributed by atoms with E-state index in [-0.39, 0.29) is 12.4 Å². The molecule has 1 aromatic heterocycles. The second-order valence-electron chi connectivity index (χ2n) is 5.71. The van der Waals surface area contributed by atoms with Crippen molar-refractivity contribution >= 4 is 11.8 Å². The standard InChI is InChI=1S/C18H19FN4OS/c1-12-7-8-16(13(2)9-12)24-10-17-21-22-18(23(17)20)25-11-14-5-3-4-6-15(14)19/h3-9H,10-11,20H2,1-2H3. The SMILES string of the molecule is Cc1ccc(OCc2nnc(SCc3ccccc3F)n2N)c(C)c1. The molecule has 130 valence electrons. The third kappa shape index (κ3) is 4.11. The van der Waals surface area contributed by atoms with Gasteiger partial charge in [0.15, 0.2) is 5.82 Å². The van der Waals surface area contributed by atoms with Crippen molar-refractivity contribution in [1.29, 1.82) is 0 Å². The van der Waals surface area contributed by atoms with Crippen molar-refractivity contribution < 1.29 is 9.13 Å². The van der Waals surface area contributed by atoms with Crippen molar-refractivity contribution in [3.8, 4) is 5.75 Å². The molecule has 3 rings (SSSR count). The van der Waals surface area contributed by atoms with E-state index in [0.717, 1.165) is 11.3 Å². The first-order valence-electron chi connectivity index (χ1n) is 7.80. The lowest BCUT2D eigenvalue weighted by Gasteiger charge is -2.09. The van der Waals surface area contributed by atoms with E-state index in [1.165, 1.54) is 28.1 Å². The number of hydrogen-bond acceptors (Lipinski definition) is 5. The summed E-state index contributed by atoms with van der Waals surface area (Å²) in [5.74, 6) is 7.52. The molecule has 25 heavy (non-hydrogen) atoms. The van der Waals surface area contributed by atoms with Gasteiger partial charge in [0.25, 0.3) is 0 Å². The minimum absolute atomic E-state index is 0.216. The monoisotopic (exact) mass is 358 g/mol. The molecule has 7 heteroatoms. The van der Waals surface area contributed by atoms with Gasteiger partial charge in [-0.1, -0.05) is 47.7 Å². The molecule has 0 unspecified atom stereocenters. The molecule has 2 aromatic carbocycles. The lowest BCUT2D eigenvalue weighted by Crippen LogP contribution is -2.16. The summed E-state index contributed by atoms with van der Waals surface area (Å²) in [4.78, 5) is 0. The van der Waals surface area contributed by atoms with Crippen LogP contribution in [0.1, 0.15) is 22.5 Å². The summed E-state index contributed by atoms with van der Waals surface area (Å²) in [6.07, 6.45) is 0. The largest absolute Gasteiger partial charge is 0.485 e. The minimum atomic E-state index is -0.239. The Hall–Kier alpha value is -2.54. The Balaban J connectivity index is 1.64. The van der Waals surface area contributed by atoms with Crippen LogP contribution in [-0.2, 0) is 12.4 Å². The van der Waals surface area contributed by atoms with E-state index in [0.29, 0.717) is 22.3 Å². The van der Waals surface area contributed by atoms with Gasteiger partial charge in [-0.3, -0.25) is 0 Å². The van der Waals surface area contributed by atoms with Crippen LogP contribution in [0.15, 0.2) is 47.6 Å². The average Bonchev–Trinajstić information content (AvgIpc) is 2.94. The van der Waals surface area contributed by atoms with Crippen LogP contribution in [0.25, 0.3) is 0 Å². The topological polar surface area (TPSA) is 66.0 Å². The summed E-state index contributed by atoms with van der Waals surface area (Å²) in [6, 6.07) is 12.6. The van der Waals surface area contributed by atoms with Crippen LogP contribution in [0.4, 0.5) is 4.39 Å². The lowest BCUT2D eigenvalue weighted by molar-refractivity contribution is 0.289. The molecule has 0 spiro atoms. The number of halogens is 1. The number of ether oxygens (including phenoxy) is 1. The minimum Gasteiger partial charge on any atom is -0.485 e. The predicted octanol–water partition coefficient (Wildman–Crippen LogP) is 3.62. The van der Waals surface area contributed by atoms with Crippen LogP contribution in [-0.4, -0.2) is 14.9 Å². The first-order valence-corrected chi connectivity index (χ1v) is 8.79. The van der Waals surface area contributed by atoms with Gasteiger partial charge in [-0.15, -0.1) is 10.2 Å². The van der Waals surface area contributed by atoms with E-state index in [2.05, 4.69) is 16.3 Å². The van der Waals surface area contributed by atoms with Crippen molar-refractivity contribution in [3.05, 3.63) is 70.8 Å². The molecule has 0 aliphatic carbocycles. The Morgan fingerprint density at radius 3 is 2.72 bits per heavy atom. The normalized spacial score (nSPS) is 10.8. The van der Waals surface area contributed by atoms with Crippen LogP contribution in [0.5, 0.6) is 5.75 Å². The number of aryl methyl sites for hydroxylation is 2. The van der Waals surface area contributed by atoms with Crippen molar-refractivity contribution in [2.75, 3.05) is 5.84 Å². The summed E-state index contributed by atoms with van der Waals surface area (Å²) in [7, 11) is 0. The third-order valence-electron chi connectivity index (χ3n) is 3.74. The summed E-state index contributed by atoms with van der Waals surface area (Å²) >= 11 is 1.33. The molecule has 0 amide bonds. The van der Waals surface area contributed by atoms with Crippen molar-refractivity contribution in [2.24, 2.45) is 0 Å². The summed E-state index contributed by atoms with van der Waals surface area (Å²) in [5.41, 5.74) is 2.83. The zero-order chi connectivity index (χ0) is 17.8. The number of nitrogens with zero attached hydrogens (tertiary/aromatic N) is 3. The number of hydrogen-bond donors (Lipinski definition) is 1. The highest BCUT2D eigenvalue weighted by Crippen LogP contribution is 2.23. The van der Waals surface area contributed by atoms with Gasteiger partial charge in [-0.05, 0) is 37.1 Å². The fourth-order valence-corrected chi connectivity index (χ4v) is 3.23. The summed E-state index contributed by atoms with van der Waals surface area (Å²) in [6.45, 7) is 4.24. The lowest BCUT2D eigenvalue weighted by atomic mass is 10.1.